The van der Waals surface area contributed by atoms with E-state index in [1.54, 1.807) is 17.3 Å². The Hall–Kier alpha value is -2.27. The zero-order chi connectivity index (χ0) is 18.8. The van der Waals surface area contributed by atoms with E-state index in [0.717, 1.165) is 16.5 Å². The number of benzene rings is 1. The quantitative estimate of drug-likeness (QED) is 0.526. The van der Waals surface area contributed by atoms with E-state index in [0.29, 0.717) is 4.90 Å². The molecule has 1 aromatic heterocycles. The maximum Gasteiger partial charge on any atom is 0.315 e. The van der Waals surface area contributed by atoms with Crippen LogP contribution < -0.4 is 23.5 Å². The van der Waals surface area contributed by atoms with Crippen LogP contribution in [0.15, 0.2) is 42.9 Å². The highest BCUT2D eigenvalue weighted by Crippen LogP contribution is 2.26. The van der Waals surface area contributed by atoms with Crippen LogP contribution in [-0.4, -0.2) is 21.7 Å². The van der Waals surface area contributed by atoms with E-state index in [2.05, 4.69) is 4.98 Å². The number of hydrogen-bond donors (Lipinski definition) is 2. The van der Waals surface area contributed by atoms with E-state index in [1.807, 2.05) is 30.5 Å². The molecule has 0 saturated heterocycles. The van der Waals surface area contributed by atoms with Gasteiger partial charge in [0.15, 0.2) is 0 Å². The molecular formula is C15H16ClN3O6. The van der Waals surface area contributed by atoms with Gasteiger partial charge in [0.2, 0.25) is 12.1 Å². The van der Waals surface area contributed by atoms with Crippen LogP contribution in [0, 0.1) is 10.2 Å². The number of quaternary nitrogens is 1. The predicted molar refractivity (Wildman–Crippen MR) is 74.3 cm³/mol. The minimum atomic E-state index is -4.94. The first-order chi connectivity index (χ1) is 11.6. The molecule has 9 nitrogen and oxygen atoms in total. The fourth-order valence-corrected chi connectivity index (χ4v) is 2.72. The van der Waals surface area contributed by atoms with E-state index in [-0.39, 0.29) is 18.0 Å². The molecule has 2 aromatic rings. The van der Waals surface area contributed by atoms with E-state index in [4.69, 9.17) is 18.6 Å². The van der Waals surface area contributed by atoms with Crippen LogP contribution in [-0.2, 0) is 9.59 Å². The molecule has 2 heterocycles. The van der Waals surface area contributed by atoms with Gasteiger partial charge in [0.05, 0.1) is 18.7 Å². The number of aromatic amines is 1. The highest BCUT2D eigenvalue weighted by atomic mass is 35.7. The number of nitrogens with one attached hydrogen (secondary N) is 2. The normalized spacial score (nSPS) is 19.7. The summed E-state index contributed by atoms with van der Waals surface area (Å²) in [6.45, 7) is 3.04. The van der Waals surface area contributed by atoms with Gasteiger partial charge < -0.3 is 4.98 Å². The number of rotatable bonds is 1. The summed E-state index contributed by atoms with van der Waals surface area (Å²) in [5, 5.41) is 1.03. The van der Waals surface area contributed by atoms with Crippen molar-refractivity contribution in [2.75, 3.05) is 0 Å². The van der Waals surface area contributed by atoms with Crippen molar-refractivity contribution in [3.63, 3.8) is 0 Å². The van der Waals surface area contributed by atoms with Crippen molar-refractivity contribution in [3.8, 4) is 0 Å². The minimum absolute atomic E-state index is 0.0136. The molecule has 2 amide bonds. The summed E-state index contributed by atoms with van der Waals surface area (Å²) < 4.78 is 34.0. The second-order valence-corrected chi connectivity index (χ2v) is 6.08. The van der Waals surface area contributed by atoms with Crippen molar-refractivity contribution in [1.29, 1.82) is 0 Å². The molecule has 0 fully saturated rings. The molecule has 3 rings (SSSR count). The van der Waals surface area contributed by atoms with Gasteiger partial charge in [-0.05, 0) is 6.07 Å². The average Bonchev–Trinajstić information content (AvgIpc) is 3.08. The number of halogens is 1. The fraction of sp³-hybridized carbons (Fsp3) is 0.200. The maximum absolute atomic E-state index is 11.8. The third-order valence-corrected chi connectivity index (χ3v) is 3.67. The predicted octanol–water partition coefficient (Wildman–Crippen LogP) is -3.82. The molecule has 10 heteroatoms. The zero-order valence-corrected chi connectivity index (χ0v) is 14.1. The summed E-state index contributed by atoms with van der Waals surface area (Å²) in [6, 6.07) is 7.88. The Morgan fingerprint density at radius 2 is 1.76 bits per heavy atom. The van der Waals surface area contributed by atoms with Crippen LogP contribution in [0.2, 0.25) is 0 Å². The van der Waals surface area contributed by atoms with Gasteiger partial charge in [-0.15, -0.1) is 10.2 Å². The molecule has 2 atom stereocenters. The lowest BCUT2D eigenvalue weighted by atomic mass is 10.1. The van der Waals surface area contributed by atoms with Crippen molar-refractivity contribution in [1.82, 2.24) is 9.88 Å². The summed E-state index contributed by atoms with van der Waals surface area (Å²) in [5.74, 6) is -0.0898. The molecule has 1 aromatic carbocycles. The summed E-state index contributed by atoms with van der Waals surface area (Å²) in [4.78, 5) is 29.1. The second kappa shape index (κ2) is 7.31. The lowest BCUT2D eigenvalue weighted by molar-refractivity contribution is -2.00. The smallest absolute Gasteiger partial charge is 0.315 e. The second-order valence-electron chi connectivity index (χ2n) is 5.32. The van der Waals surface area contributed by atoms with Crippen molar-refractivity contribution in [3.05, 3.63) is 48.4 Å². The SMILES string of the molecule is CC(=O)N1C=C[NH+](C(C)=O)C1c1c[nH]c2ccccc12.[O-][Cl+3]([O-])([O-])[O-]. The number of hydrogen-bond acceptors (Lipinski definition) is 6. The molecule has 0 spiro atoms. The summed E-state index contributed by atoms with van der Waals surface area (Å²) in [7, 11) is -4.94. The van der Waals surface area contributed by atoms with Crippen molar-refractivity contribution in [2.24, 2.45) is 0 Å². The molecular weight excluding hydrogens is 354 g/mol. The fourth-order valence-electron chi connectivity index (χ4n) is 2.72. The van der Waals surface area contributed by atoms with E-state index in [9.17, 15) is 9.59 Å². The van der Waals surface area contributed by atoms with Crippen LogP contribution in [0.25, 0.3) is 10.9 Å². The molecule has 2 N–H and O–H groups in total. The van der Waals surface area contributed by atoms with Gasteiger partial charge in [0, 0.05) is 24.0 Å². The summed E-state index contributed by atoms with van der Waals surface area (Å²) in [6.07, 6.45) is 4.96. The Kier molecular flexibility index (Phi) is 5.58. The van der Waals surface area contributed by atoms with Crippen molar-refractivity contribution in [2.45, 2.75) is 20.0 Å². The number of H-pyrrole nitrogens is 1. The van der Waals surface area contributed by atoms with Crippen LogP contribution in [0.5, 0.6) is 0 Å². The van der Waals surface area contributed by atoms with Gasteiger partial charge in [-0.3, -0.25) is 9.69 Å². The number of fused-ring (bicyclic) bond motifs is 1. The molecule has 0 aliphatic carbocycles. The Bertz CT molecular complexity index is 783. The molecule has 0 bridgehead atoms. The Balaban J connectivity index is 0.000000399. The Labute approximate surface area is 145 Å². The number of aromatic nitrogens is 1. The molecule has 2 unspecified atom stereocenters. The van der Waals surface area contributed by atoms with E-state index < -0.39 is 10.2 Å². The monoisotopic (exact) mass is 369 g/mol. The first-order valence-corrected chi connectivity index (χ1v) is 8.35. The highest BCUT2D eigenvalue weighted by Gasteiger charge is 2.39. The summed E-state index contributed by atoms with van der Waals surface area (Å²) in [5.41, 5.74) is 1.95. The first-order valence-electron chi connectivity index (χ1n) is 7.12. The van der Waals surface area contributed by atoms with Crippen LogP contribution >= 0.6 is 0 Å². The third-order valence-electron chi connectivity index (χ3n) is 3.67. The number of para-hydroxylation sites is 1. The van der Waals surface area contributed by atoms with Crippen LogP contribution in [0.3, 0.4) is 0 Å². The van der Waals surface area contributed by atoms with Crippen LogP contribution in [0.1, 0.15) is 25.6 Å². The first kappa shape index (κ1) is 19.1. The van der Waals surface area contributed by atoms with E-state index in [1.165, 1.54) is 13.8 Å². The lowest BCUT2D eigenvalue weighted by Gasteiger charge is -2.23. The van der Waals surface area contributed by atoms with Gasteiger partial charge in [0.25, 0.3) is 0 Å². The molecule has 1 aliphatic heterocycles. The van der Waals surface area contributed by atoms with Gasteiger partial charge in [-0.1, -0.05) is 18.2 Å². The van der Waals surface area contributed by atoms with E-state index >= 15 is 0 Å². The number of carbonyl (C=O) groups is 2. The highest BCUT2D eigenvalue weighted by molar-refractivity contribution is 5.85. The standard InChI is InChI=1S/C15H15N3O2.ClHO4/c1-10(19)17-7-8-18(11(2)20)15(17)13-9-16-14-6-4-3-5-12(13)14;2-1(3,4)5/h3-9,15-16H,1-2H3;(H,2,3,4,5). The Morgan fingerprint density at radius 1 is 1.16 bits per heavy atom. The number of carbonyl (C=O) groups excluding carboxylic acids is 2. The van der Waals surface area contributed by atoms with Gasteiger partial charge in [0.1, 0.15) is 6.20 Å². The molecule has 0 radical (unpaired) electrons. The maximum atomic E-state index is 11.8. The molecule has 25 heavy (non-hydrogen) atoms. The summed E-state index contributed by atoms with van der Waals surface area (Å²) >= 11 is 0. The van der Waals surface area contributed by atoms with Gasteiger partial charge in [-0.2, -0.15) is 0 Å². The molecule has 0 saturated carbocycles. The Morgan fingerprint density at radius 3 is 2.32 bits per heavy atom. The van der Waals surface area contributed by atoms with Crippen LogP contribution in [0.4, 0.5) is 0 Å². The third kappa shape index (κ3) is 4.63. The lowest BCUT2D eigenvalue weighted by Crippen LogP contribution is -3.10. The average molecular weight is 370 g/mol. The molecule has 134 valence electrons. The van der Waals surface area contributed by atoms with Gasteiger partial charge >= 0.3 is 5.91 Å². The number of nitrogens with zero attached hydrogens (tertiary/aromatic N) is 1. The molecule has 1 aliphatic rings. The zero-order valence-electron chi connectivity index (χ0n) is 13.4. The van der Waals surface area contributed by atoms with Crippen molar-refractivity contribution >= 4 is 22.7 Å². The number of amides is 2. The topological polar surface area (TPSA) is 150 Å². The van der Waals surface area contributed by atoms with Crippen molar-refractivity contribution < 1.29 is 43.4 Å². The minimum Gasteiger partial charge on any atom is -0.361 e. The largest absolute Gasteiger partial charge is 0.361 e. The van der Waals surface area contributed by atoms with Gasteiger partial charge in [-0.25, -0.2) is 28.3 Å².